The van der Waals surface area contributed by atoms with Crippen LogP contribution < -0.4 is 5.32 Å². The number of carbonyl (C=O) groups is 3. The molecule has 6 nitrogen and oxygen atoms in total. The molecule has 3 amide bonds. The minimum absolute atomic E-state index is 0.0299. The molecule has 0 bridgehead atoms. The maximum atomic E-state index is 13.4. The van der Waals surface area contributed by atoms with Crippen LogP contribution in [0, 0.1) is 18.7 Å². The van der Waals surface area contributed by atoms with Crippen LogP contribution in [0.25, 0.3) is 0 Å². The van der Waals surface area contributed by atoms with Crippen LogP contribution in [-0.4, -0.2) is 59.7 Å². The molecule has 2 aromatic carbocycles. The van der Waals surface area contributed by atoms with E-state index in [2.05, 4.69) is 5.32 Å². The Morgan fingerprint density at radius 3 is 2.18 bits per heavy atom. The number of carbonyl (C=O) groups excluding carboxylic acids is 3. The SMILES string of the molecule is Cc1ccccc1C(=O)N[C@@H](C(=O)N1CCCC1)C1CCN(C(=O)c2ccc(F)cc2)CC1. The van der Waals surface area contributed by atoms with E-state index in [0.717, 1.165) is 31.5 Å². The normalized spacial score (nSPS) is 17.6. The Hall–Kier alpha value is -3.22. The Bertz CT molecular complexity index is 1010. The van der Waals surface area contributed by atoms with E-state index in [-0.39, 0.29) is 29.5 Å². The molecule has 174 valence electrons. The largest absolute Gasteiger partial charge is 0.341 e. The van der Waals surface area contributed by atoms with Crippen molar-refractivity contribution in [3.63, 3.8) is 0 Å². The fourth-order valence-corrected chi connectivity index (χ4v) is 4.77. The van der Waals surface area contributed by atoms with Crippen LogP contribution in [0.15, 0.2) is 48.5 Å². The maximum Gasteiger partial charge on any atom is 0.253 e. The van der Waals surface area contributed by atoms with Crippen LogP contribution >= 0.6 is 0 Å². The third kappa shape index (κ3) is 5.24. The van der Waals surface area contributed by atoms with Gasteiger partial charge in [-0.2, -0.15) is 0 Å². The summed E-state index contributed by atoms with van der Waals surface area (Å²) in [4.78, 5) is 42.8. The van der Waals surface area contributed by atoms with Crippen LogP contribution in [0.1, 0.15) is 52.0 Å². The number of hydrogen-bond donors (Lipinski definition) is 1. The number of amides is 3. The van der Waals surface area contributed by atoms with Gasteiger partial charge in [0, 0.05) is 37.3 Å². The van der Waals surface area contributed by atoms with Crippen LogP contribution in [0.4, 0.5) is 4.39 Å². The second-order valence-corrected chi connectivity index (χ2v) is 8.93. The fourth-order valence-electron chi connectivity index (χ4n) is 4.77. The fraction of sp³-hybridized carbons (Fsp3) is 0.423. The van der Waals surface area contributed by atoms with Gasteiger partial charge in [-0.1, -0.05) is 18.2 Å². The van der Waals surface area contributed by atoms with Crippen LogP contribution in [0.2, 0.25) is 0 Å². The van der Waals surface area contributed by atoms with Gasteiger partial charge in [0.2, 0.25) is 5.91 Å². The predicted molar refractivity (Wildman–Crippen MR) is 123 cm³/mol. The van der Waals surface area contributed by atoms with E-state index >= 15 is 0 Å². The van der Waals surface area contributed by atoms with E-state index in [1.54, 1.807) is 11.0 Å². The van der Waals surface area contributed by atoms with Gasteiger partial charge in [0.15, 0.2) is 0 Å². The molecule has 0 unspecified atom stereocenters. The summed E-state index contributed by atoms with van der Waals surface area (Å²) in [5, 5.41) is 3.03. The monoisotopic (exact) mass is 451 g/mol. The van der Waals surface area contributed by atoms with Gasteiger partial charge in [-0.3, -0.25) is 14.4 Å². The van der Waals surface area contributed by atoms with E-state index in [4.69, 9.17) is 0 Å². The summed E-state index contributed by atoms with van der Waals surface area (Å²) >= 11 is 0. The number of aryl methyl sites for hydroxylation is 1. The Labute approximate surface area is 193 Å². The van der Waals surface area contributed by atoms with Crippen LogP contribution in [0.3, 0.4) is 0 Å². The number of hydrogen-bond acceptors (Lipinski definition) is 3. The number of halogens is 1. The molecule has 0 spiro atoms. The molecular formula is C26H30FN3O3. The molecule has 2 heterocycles. The molecule has 0 radical (unpaired) electrons. The molecule has 2 fully saturated rings. The van der Waals surface area contributed by atoms with Crippen LogP contribution in [-0.2, 0) is 4.79 Å². The number of nitrogens with zero attached hydrogens (tertiary/aromatic N) is 2. The lowest BCUT2D eigenvalue weighted by Gasteiger charge is -2.37. The van der Waals surface area contributed by atoms with E-state index < -0.39 is 6.04 Å². The first-order chi connectivity index (χ1) is 15.9. The third-order valence-electron chi connectivity index (χ3n) is 6.75. The van der Waals surface area contributed by atoms with E-state index in [9.17, 15) is 18.8 Å². The number of nitrogens with one attached hydrogen (secondary N) is 1. The van der Waals surface area contributed by atoms with Gasteiger partial charge < -0.3 is 15.1 Å². The van der Waals surface area contributed by atoms with E-state index in [0.29, 0.717) is 37.1 Å². The minimum Gasteiger partial charge on any atom is -0.341 e. The minimum atomic E-state index is -0.613. The number of piperidine rings is 1. The Morgan fingerprint density at radius 1 is 0.909 bits per heavy atom. The summed E-state index contributed by atoms with van der Waals surface area (Å²) in [7, 11) is 0. The predicted octanol–water partition coefficient (Wildman–Crippen LogP) is 3.41. The summed E-state index contributed by atoms with van der Waals surface area (Å²) in [5.74, 6) is -0.839. The molecule has 4 rings (SSSR count). The number of benzene rings is 2. The average Bonchev–Trinajstić information content (AvgIpc) is 3.38. The van der Waals surface area contributed by atoms with Gasteiger partial charge in [0.05, 0.1) is 0 Å². The molecule has 2 saturated heterocycles. The lowest BCUT2D eigenvalue weighted by molar-refractivity contribution is -0.134. The zero-order valence-electron chi connectivity index (χ0n) is 18.9. The summed E-state index contributed by atoms with van der Waals surface area (Å²) in [6, 6.07) is 12.3. The Kier molecular flexibility index (Phi) is 7.06. The first-order valence-corrected chi connectivity index (χ1v) is 11.6. The van der Waals surface area contributed by atoms with Gasteiger partial charge in [0.25, 0.3) is 11.8 Å². The molecule has 0 aliphatic carbocycles. The summed E-state index contributed by atoms with van der Waals surface area (Å²) in [6.07, 6.45) is 3.19. The summed E-state index contributed by atoms with van der Waals surface area (Å²) < 4.78 is 13.2. The highest BCUT2D eigenvalue weighted by atomic mass is 19.1. The highest BCUT2D eigenvalue weighted by Crippen LogP contribution is 2.25. The van der Waals surface area contributed by atoms with Crippen molar-refractivity contribution in [1.29, 1.82) is 0 Å². The first kappa shape index (κ1) is 23.0. The van der Waals surface area contributed by atoms with E-state index in [1.165, 1.54) is 24.3 Å². The zero-order valence-corrected chi connectivity index (χ0v) is 18.9. The first-order valence-electron chi connectivity index (χ1n) is 11.6. The van der Waals surface area contributed by atoms with Crippen molar-refractivity contribution in [3.05, 3.63) is 71.0 Å². The standard InChI is InChI=1S/C26H30FN3O3/c1-18-6-2-3-7-22(18)24(31)28-23(26(33)29-14-4-5-15-29)19-12-16-30(17-13-19)25(32)20-8-10-21(27)11-9-20/h2-3,6-11,19,23H,4-5,12-17H2,1H3,(H,28,31)/t23-/m1/s1. The van der Waals surface area contributed by atoms with Gasteiger partial charge >= 0.3 is 0 Å². The van der Waals surface area contributed by atoms with Crippen molar-refractivity contribution in [2.75, 3.05) is 26.2 Å². The summed E-state index contributed by atoms with van der Waals surface area (Å²) in [6.45, 7) is 4.30. The van der Waals surface area contributed by atoms with Gasteiger partial charge in [-0.05, 0) is 74.4 Å². The topological polar surface area (TPSA) is 69.7 Å². The Balaban J connectivity index is 1.46. The highest BCUT2D eigenvalue weighted by molar-refractivity contribution is 5.99. The molecule has 0 saturated carbocycles. The van der Waals surface area contributed by atoms with Crippen molar-refractivity contribution in [1.82, 2.24) is 15.1 Å². The van der Waals surface area contributed by atoms with Crippen molar-refractivity contribution in [2.45, 2.75) is 38.6 Å². The third-order valence-corrected chi connectivity index (χ3v) is 6.75. The number of likely N-dealkylation sites (tertiary alicyclic amines) is 2. The molecule has 2 aliphatic heterocycles. The lowest BCUT2D eigenvalue weighted by atomic mass is 9.87. The molecule has 1 N–H and O–H groups in total. The van der Waals surface area contributed by atoms with Gasteiger partial charge in [-0.15, -0.1) is 0 Å². The quantitative estimate of drug-likeness (QED) is 0.758. The maximum absolute atomic E-state index is 13.4. The molecule has 7 heteroatoms. The molecule has 0 aromatic heterocycles. The second-order valence-electron chi connectivity index (χ2n) is 8.93. The van der Waals surface area contributed by atoms with Crippen LogP contribution in [0.5, 0.6) is 0 Å². The molecule has 2 aromatic rings. The van der Waals surface area contributed by atoms with Gasteiger partial charge in [0.1, 0.15) is 11.9 Å². The average molecular weight is 452 g/mol. The highest BCUT2D eigenvalue weighted by Gasteiger charge is 2.37. The molecule has 33 heavy (non-hydrogen) atoms. The van der Waals surface area contributed by atoms with Gasteiger partial charge in [-0.25, -0.2) is 4.39 Å². The van der Waals surface area contributed by atoms with Crippen molar-refractivity contribution >= 4 is 17.7 Å². The van der Waals surface area contributed by atoms with Crippen molar-refractivity contribution < 1.29 is 18.8 Å². The summed E-state index contributed by atoms with van der Waals surface area (Å²) in [5.41, 5.74) is 1.88. The second kappa shape index (κ2) is 10.1. The smallest absolute Gasteiger partial charge is 0.253 e. The molecule has 1 atom stereocenters. The number of rotatable bonds is 5. The van der Waals surface area contributed by atoms with Crippen molar-refractivity contribution in [2.24, 2.45) is 5.92 Å². The van der Waals surface area contributed by atoms with E-state index in [1.807, 2.05) is 30.0 Å². The van der Waals surface area contributed by atoms with Crippen molar-refractivity contribution in [3.8, 4) is 0 Å². The molecular weight excluding hydrogens is 421 g/mol. The molecule has 2 aliphatic rings. The zero-order chi connectivity index (χ0) is 23.4. The lowest BCUT2D eigenvalue weighted by Crippen LogP contribution is -2.54. The Morgan fingerprint density at radius 2 is 1.55 bits per heavy atom.